The van der Waals surface area contributed by atoms with Crippen LogP contribution in [-0.2, 0) is 0 Å². The van der Waals surface area contributed by atoms with E-state index in [0.717, 1.165) is 24.2 Å². The molecule has 3 N–H and O–H groups in total. The second kappa shape index (κ2) is 3.98. The molecule has 3 heteroatoms. The van der Waals surface area contributed by atoms with Crippen molar-refractivity contribution >= 4 is 0 Å². The van der Waals surface area contributed by atoms with Gasteiger partial charge in [0.15, 0.2) is 0 Å². The first-order valence-corrected chi connectivity index (χ1v) is 4.94. The third-order valence-corrected chi connectivity index (χ3v) is 2.29. The highest BCUT2D eigenvalue weighted by Crippen LogP contribution is 2.28. The van der Waals surface area contributed by atoms with Crippen molar-refractivity contribution in [3.05, 3.63) is 29.8 Å². The first-order valence-electron chi connectivity index (χ1n) is 4.94. The van der Waals surface area contributed by atoms with Crippen molar-refractivity contribution < 1.29 is 9.84 Å². The minimum atomic E-state index is -0.585. The third-order valence-electron chi connectivity index (χ3n) is 2.29. The Kier molecular flexibility index (Phi) is 2.70. The average molecular weight is 193 g/mol. The lowest BCUT2D eigenvalue weighted by molar-refractivity contribution is 0.186. The number of aliphatic hydroxyl groups excluding tert-OH is 1. The van der Waals surface area contributed by atoms with Gasteiger partial charge in [0.1, 0.15) is 5.75 Å². The Bertz CT molecular complexity index is 310. The van der Waals surface area contributed by atoms with E-state index in [-0.39, 0.29) is 6.54 Å². The summed E-state index contributed by atoms with van der Waals surface area (Å²) in [5, 5.41) is 9.52. The molecule has 0 saturated heterocycles. The Morgan fingerprint density at radius 1 is 1.50 bits per heavy atom. The maximum absolute atomic E-state index is 9.52. The Hall–Kier alpha value is -1.06. The molecule has 0 spiro atoms. The van der Waals surface area contributed by atoms with E-state index in [1.54, 1.807) is 0 Å². The summed E-state index contributed by atoms with van der Waals surface area (Å²) in [4.78, 5) is 0. The molecule has 0 radical (unpaired) electrons. The van der Waals surface area contributed by atoms with Gasteiger partial charge in [0, 0.05) is 6.54 Å². The van der Waals surface area contributed by atoms with Crippen LogP contribution in [0.2, 0.25) is 0 Å². The normalized spacial score (nSPS) is 17.9. The van der Waals surface area contributed by atoms with E-state index in [9.17, 15) is 5.11 Å². The summed E-state index contributed by atoms with van der Waals surface area (Å²) in [6.07, 6.45) is 2.09. The second-order valence-electron chi connectivity index (χ2n) is 3.64. The zero-order valence-electron chi connectivity index (χ0n) is 8.02. The summed E-state index contributed by atoms with van der Waals surface area (Å²) >= 11 is 0. The van der Waals surface area contributed by atoms with Crippen molar-refractivity contribution in [1.82, 2.24) is 0 Å². The predicted molar refractivity (Wildman–Crippen MR) is 54.1 cm³/mol. The molecule has 0 amide bonds. The number of hydrogen-bond donors (Lipinski definition) is 2. The van der Waals surface area contributed by atoms with Gasteiger partial charge in [0.25, 0.3) is 0 Å². The van der Waals surface area contributed by atoms with E-state index in [0.29, 0.717) is 6.10 Å². The maximum Gasteiger partial charge on any atom is 0.120 e. The number of aliphatic hydroxyl groups is 1. The van der Waals surface area contributed by atoms with Gasteiger partial charge in [0.05, 0.1) is 12.2 Å². The van der Waals surface area contributed by atoms with E-state index in [1.165, 1.54) is 0 Å². The van der Waals surface area contributed by atoms with Crippen LogP contribution in [0, 0.1) is 0 Å². The molecule has 0 aromatic heterocycles. The molecule has 1 aliphatic rings. The summed E-state index contributed by atoms with van der Waals surface area (Å²) < 4.78 is 5.61. The van der Waals surface area contributed by atoms with Crippen LogP contribution in [-0.4, -0.2) is 17.8 Å². The van der Waals surface area contributed by atoms with Gasteiger partial charge in [-0.05, 0) is 30.5 Å². The zero-order chi connectivity index (χ0) is 9.97. The summed E-state index contributed by atoms with van der Waals surface area (Å²) in [5.74, 6) is 0.831. The molecule has 1 saturated carbocycles. The summed E-state index contributed by atoms with van der Waals surface area (Å²) in [6, 6.07) is 7.50. The van der Waals surface area contributed by atoms with Crippen LogP contribution in [0.3, 0.4) is 0 Å². The molecule has 0 bridgehead atoms. The maximum atomic E-state index is 9.52. The van der Waals surface area contributed by atoms with Crippen molar-refractivity contribution in [2.75, 3.05) is 6.54 Å². The summed E-state index contributed by atoms with van der Waals surface area (Å²) in [6.45, 7) is 0.243. The van der Waals surface area contributed by atoms with E-state index in [1.807, 2.05) is 24.3 Å². The predicted octanol–water partition coefficient (Wildman–Crippen LogP) is 1.22. The zero-order valence-corrected chi connectivity index (χ0v) is 8.02. The van der Waals surface area contributed by atoms with Crippen molar-refractivity contribution in [2.45, 2.75) is 25.0 Å². The van der Waals surface area contributed by atoms with Gasteiger partial charge in [-0.2, -0.15) is 0 Å². The first-order chi connectivity index (χ1) is 6.79. The smallest absolute Gasteiger partial charge is 0.120 e. The van der Waals surface area contributed by atoms with Crippen LogP contribution in [0.15, 0.2) is 24.3 Å². The molecule has 1 aromatic carbocycles. The van der Waals surface area contributed by atoms with Crippen molar-refractivity contribution in [3.63, 3.8) is 0 Å². The number of hydrogen-bond acceptors (Lipinski definition) is 3. The molecule has 14 heavy (non-hydrogen) atoms. The third kappa shape index (κ3) is 2.25. The van der Waals surface area contributed by atoms with Gasteiger partial charge in [-0.15, -0.1) is 0 Å². The number of rotatable bonds is 4. The quantitative estimate of drug-likeness (QED) is 0.756. The molecule has 0 heterocycles. The standard InChI is InChI=1S/C11H15NO2/c12-7-11(13)8-2-1-3-10(6-8)14-9-4-5-9/h1-3,6,9,11,13H,4-5,7,12H2. The van der Waals surface area contributed by atoms with Gasteiger partial charge in [0.2, 0.25) is 0 Å². The van der Waals surface area contributed by atoms with Gasteiger partial charge in [-0.3, -0.25) is 0 Å². The first kappa shape index (κ1) is 9.49. The largest absolute Gasteiger partial charge is 0.490 e. The summed E-state index contributed by atoms with van der Waals surface area (Å²) in [7, 11) is 0. The van der Waals surface area contributed by atoms with E-state index in [2.05, 4.69) is 0 Å². The fourth-order valence-corrected chi connectivity index (χ4v) is 1.31. The molecule has 3 nitrogen and oxygen atoms in total. The van der Waals surface area contributed by atoms with Crippen molar-refractivity contribution in [3.8, 4) is 5.75 Å². The van der Waals surface area contributed by atoms with Gasteiger partial charge < -0.3 is 15.6 Å². The highest BCUT2D eigenvalue weighted by atomic mass is 16.5. The molecule has 2 rings (SSSR count). The Labute approximate surface area is 83.5 Å². The van der Waals surface area contributed by atoms with Crippen LogP contribution >= 0.6 is 0 Å². The highest BCUT2D eigenvalue weighted by Gasteiger charge is 2.23. The average Bonchev–Trinajstić information content (AvgIpc) is 3.01. The van der Waals surface area contributed by atoms with Crippen molar-refractivity contribution in [2.24, 2.45) is 5.73 Å². The Morgan fingerprint density at radius 2 is 2.29 bits per heavy atom. The van der Waals surface area contributed by atoms with Crippen molar-refractivity contribution in [1.29, 1.82) is 0 Å². The molecular formula is C11H15NO2. The lowest BCUT2D eigenvalue weighted by atomic mass is 10.1. The molecule has 1 aliphatic carbocycles. The SMILES string of the molecule is NCC(O)c1cccc(OC2CC2)c1. The van der Waals surface area contributed by atoms with Crippen LogP contribution in [0.4, 0.5) is 0 Å². The number of nitrogens with two attached hydrogens (primary N) is 1. The second-order valence-corrected chi connectivity index (χ2v) is 3.64. The summed E-state index contributed by atoms with van der Waals surface area (Å²) in [5.41, 5.74) is 6.20. The van der Waals surface area contributed by atoms with Crippen LogP contribution < -0.4 is 10.5 Å². The molecule has 0 aliphatic heterocycles. The Balaban J connectivity index is 2.08. The highest BCUT2D eigenvalue weighted by molar-refractivity contribution is 5.30. The van der Waals surface area contributed by atoms with E-state index < -0.39 is 6.10 Å². The monoisotopic (exact) mass is 193 g/mol. The topological polar surface area (TPSA) is 55.5 Å². The van der Waals surface area contributed by atoms with E-state index in [4.69, 9.17) is 10.5 Å². The molecule has 1 fully saturated rings. The molecule has 1 aromatic rings. The fraction of sp³-hybridized carbons (Fsp3) is 0.455. The van der Waals surface area contributed by atoms with Gasteiger partial charge in [-0.25, -0.2) is 0 Å². The van der Waals surface area contributed by atoms with Crippen LogP contribution in [0.5, 0.6) is 5.75 Å². The van der Waals surface area contributed by atoms with E-state index >= 15 is 0 Å². The minimum Gasteiger partial charge on any atom is -0.490 e. The van der Waals surface area contributed by atoms with Gasteiger partial charge >= 0.3 is 0 Å². The Morgan fingerprint density at radius 3 is 2.93 bits per heavy atom. The molecule has 1 atom stereocenters. The number of ether oxygens (including phenoxy) is 1. The molecular weight excluding hydrogens is 178 g/mol. The lowest BCUT2D eigenvalue weighted by Gasteiger charge is -2.10. The number of benzene rings is 1. The molecule has 76 valence electrons. The fourth-order valence-electron chi connectivity index (χ4n) is 1.31. The molecule has 1 unspecified atom stereocenters. The minimum absolute atomic E-state index is 0.243. The lowest BCUT2D eigenvalue weighted by Crippen LogP contribution is -2.11. The van der Waals surface area contributed by atoms with Crippen LogP contribution in [0.1, 0.15) is 24.5 Å². The van der Waals surface area contributed by atoms with Crippen LogP contribution in [0.25, 0.3) is 0 Å². The van der Waals surface area contributed by atoms with Gasteiger partial charge in [-0.1, -0.05) is 12.1 Å².